The van der Waals surface area contributed by atoms with Gasteiger partial charge < -0.3 is 36.2 Å². The van der Waals surface area contributed by atoms with Crippen LogP contribution < -0.4 is 21.7 Å². The third-order valence-corrected chi connectivity index (χ3v) is 12.4. The van der Waals surface area contributed by atoms with E-state index in [0.717, 1.165) is 21.8 Å². The highest BCUT2D eigenvalue weighted by Gasteiger charge is 2.41. The molecule has 0 spiro atoms. The second kappa shape index (κ2) is 21.6. The van der Waals surface area contributed by atoms with Gasteiger partial charge in [-0.25, -0.2) is 4.98 Å². The van der Waals surface area contributed by atoms with Crippen LogP contribution in [0.2, 0.25) is 0 Å². The van der Waals surface area contributed by atoms with Gasteiger partial charge >= 0.3 is 12.1 Å². The Kier molecular flexibility index (Phi) is 16.0. The van der Waals surface area contributed by atoms with Crippen molar-refractivity contribution >= 4 is 35.0 Å². The Morgan fingerprint density at radius 3 is 2.25 bits per heavy atom. The molecular weight excluding hydrogens is 850 g/mol. The quantitative estimate of drug-likeness (QED) is 0.0619. The molecule has 1 saturated heterocycles. The molecule has 1 fully saturated rings. The van der Waals surface area contributed by atoms with Gasteiger partial charge in [0.2, 0.25) is 17.6 Å². The van der Waals surface area contributed by atoms with Gasteiger partial charge in [-0.3, -0.25) is 19.2 Å². The van der Waals surface area contributed by atoms with E-state index in [1.165, 1.54) is 29.5 Å². The van der Waals surface area contributed by atoms with E-state index >= 15 is 0 Å². The maximum Gasteiger partial charge on any atom is 0.471 e. The fourth-order valence-electron chi connectivity index (χ4n) is 7.54. The van der Waals surface area contributed by atoms with Gasteiger partial charge in [-0.15, -0.1) is 11.3 Å². The average Bonchev–Trinajstić information content (AvgIpc) is 4.01. The van der Waals surface area contributed by atoms with Crippen LogP contribution in [-0.4, -0.2) is 93.1 Å². The van der Waals surface area contributed by atoms with Crippen LogP contribution in [0.25, 0.3) is 22.6 Å². The first-order valence-electron chi connectivity index (χ1n) is 21.3. The summed E-state index contributed by atoms with van der Waals surface area (Å²) in [5, 5.41) is 25.4. The van der Waals surface area contributed by atoms with E-state index in [9.17, 15) is 37.5 Å². The summed E-state index contributed by atoms with van der Waals surface area (Å²) in [5.41, 5.74) is 8.53. The molecule has 18 heteroatoms. The minimum absolute atomic E-state index is 0.00404. The molecule has 3 atom stereocenters. The standard InChI is InChI=1S/C46H53F3N8O6S/c1-29(2)37(54-42(62)38(59)34(50)25-30-13-6-3-7-14-30)41(61)51-22-11-5-10-19-36(58)57-23-20-45(21-24-57,44-53-35(27-64-44)31-15-8-4-9-16-31)28-52-40(60)33-18-12-17-32(26-33)39-55-43(63-56-39)46(47,48)49/h3-4,6-9,12-18,26-27,29,34,37-38,59H,5,10-11,19-25,28,50H2,1-2H3,(H,51,61)(H,52,60)(H,54,62)/t34-,37+,38+/m1/s1. The van der Waals surface area contributed by atoms with E-state index < -0.39 is 47.5 Å². The third-order valence-electron chi connectivity index (χ3n) is 11.3. The molecule has 0 aliphatic carbocycles. The number of halogens is 3. The number of carbonyl (C=O) groups excluding carboxylic acids is 4. The fourth-order valence-corrected chi connectivity index (χ4v) is 8.63. The van der Waals surface area contributed by atoms with Crippen LogP contribution in [-0.2, 0) is 32.4 Å². The number of rotatable bonds is 19. The summed E-state index contributed by atoms with van der Waals surface area (Å²) in [6.07, 6.45) is -2.72. The van der Waals surface area contributed by atoms with Crippen molar-refractivity contribution in [2.45, 2.75) is 88.6 Å². The van der Waals surface area contributed by atoms with Gasteiger partial charge in [0.05, 0.1) is 5.69 Å². The van der Waals surface area contributed by atoms with Gasteiger partial charge in [0.15, 0.2) is 0 Å². The molecule has 2 aromatic heterocycles. The molecule has 3 aromatic carbocycles. The van der Waals surface area contributed by atoms with Crippen molar-refractivity contribution < 1.29 is 42.0 Å². The molecule has 340 valence electrons. The van der Waals surface area contributed by atoms with Gasteiger partial charge in [0, 0.05) is 66.1 Å². The van der Waals surface area contributed by atoms with Gasteiger partial charge in [0.25, 0.3) is 11.8 Å². The fraction of sp³-hybridized carbons (Fsp3) is 0.413. The number of likely N-dealkylation sites (tertiary alicyclic amines) is 1. The number of piperidine rings is 1. The molecule has 0 radical (unpaired) electrons. The van der Waals surface area contributed by atoms with E-state index in [1.54, 1.807) is 19.9 Å². The number of thiazole rings is 1. The summed E-state index contributed by atoms with van der Waals surface area (Å²) < 4.78 is 43.6. The van der Waals surface area contributed by atoms with Gasteiger partial charge in [-0.05, 0) is 55.7 Å². The predicted octanol–water partition coefficient (Wildman–Crippen LogP) is 5.92. The lowest BCUT2D eigenvalue weighted by Crippen LogP contribution is -2.55. The summed E-state index contributed by atoms with van der Waals surface area (Å²) in [6, 6.07) is 23.3. The Morgan fingerprint density at radius 2 is 1.58 bits per heavy atom. The number of hydrogen-bond acceptors (Lipinski definition) is 11. The third kappa shape index (κ3) is 12.4. The normalized spacial score (nSPS) is 15.3. The van der Waals surface area contributed by atoms with Gasteiger partial charge in [-0.1, -0.05) is 98.2 Å². The zero-order valence-electron chi connectivity index (χ0n) is 35.6. The number of aliphatic hydroxyl groups excluding tert-OH is 1. The van der Waals surface area contributed by atoms with Crippen molar-refractivity contribution in [2.24, 2.45) is 11.7 Å². The van der Waals surface area contributed by atoms with Crippen LogP contribution in [0.3, 0.4) is 0 Å². The predicted molar refractivity (Wildman–Crippen MR) is 234 cm³/mol. The van der Waals surface area contributed by atoms with E-state index in [2.05, 4.69) is 30.6 Å². The number of carbonyl (C=O) groups is 4. The van der Waals surface area contributed by atoms with Crippen LogP contribution in [0.5, 0.6) is 0 Å². The molecule has 64 heavy (non-hydrogen) atoms. The van der Waals surface area contributed by atoms with Crippen molar-refractivity contribution in [3.05, 3.63) is 112 Å². The van der Waals surface area contributed by atoms with Crippen molar-refractivity contribution in [3.63, 3.8) is 0 Å². The molecule has 1 aliphatic heterocycles. The number of alkyl halides is 3. The van der Waals surface area contributed by atoms with E-state index in [1.807, 2.05) is 70.9 Å². The first-order valence-corrected chi connectivity index (χ1v) is 22.2. The summed E-state index contributed by atoms with van der Waals surface area (Å²) in [7, 11) is 0. The lowest BCUT2D eigenvalue weighted by atomic mass is 9.78. The zero-order chi connectivity index (χ0) is 45.9. The molecule has 4 amide bonds. The van der Waals surface area contributed by atoms with Gasteiger partial charge in [0.1, 0.15) is 17.2 Å². The molecule has 5 aromatic rings. The minimum Gasteiger partial charge on any atom is -0.382 e. The number of hydrogen-bond donors (Lipinski definition) is 5. The summed E-state index contributed by atoms with van der Waals surface area (Å²) in [5.74, 6) is -3.55. The molecular formula is C46H53F3N8O6S. The number of benzene rings is 3. The Labute approximate surface area is 373 Å². The Morgan fingerprint density at radius 1 is 0.891 bits per heavy atom. The Bertz CT molecular complexity index is 2330. The Balaban J connectivity index is 0.990. The SMILES string of the molecule is CC(C)[C@H](NC(=O)[C@@H](O)[C@H](N)Cc1ccccc1)C(=O)NCCCCCC(=O)N1CCC(CNC(=O)c2cccc(-c3noc(C(F)(F)F)n3)c2)(c2nc(-c3ccccc3)cs2)CC1. The smallest absolute Gasteiger partial charge is 0.382 e. The Hall–Kier alpha value is -5.98. The average molecular weight is 903 g/mol. The molecule has 6 rings (SSSR count). The number of nitrogens with zero attached hydrogens (tertiary/aromatic N) is 4. The number of aromatic nitrogens is 3. The van der Waals surface area contributed by atoms with Crippen molar-refractivity contribution in [3.8, 4) is 22.6 Å². The van der Waals surface area contributed by atoms with Crippen LogP contribution >= 0.6 is 11.3 Å². The van der Waals surface area contributed by atoms with Crippen LogP contribution in [0.1, 0.15) is 79.2 Å². The monoisotopic (exact) mass is 902 g/mol. The van der Waals surface area contributed by atoms with Gasteiger partial charge in [-0.2, -0.15) is 18.2 Å². The molecule has 0 unspecified atom stereocenters. The second-order valence-electron chi connectivity index (χ2n) is 16.4. The van der Waals surface area contributed by atoms with Crippen molar-refractivity contribution in [2.75, 3.05) is 26.2 Å². The van der Waals surface area contributed by atoms with Crippen LogP contribution in [0, 0.1) is 5.92 Å². The van der Waals surface area contributed by atoms with E-state index in [-0.39, 0.29) is 41.2 Å². The number of nitrogens with two attached hydrogens (primary N) is 1. The van der Waals surface area contributed by atoms with Crippen LogP contribution in [0.4, 0.5) is 13.2 Å². The number of amides is 4. The topological polar surface area (TPSA) is 206 Å². The lowest BCUT2D eigenvalue weighted by Gasteiger charge is -2.40. The highest BCUT2D eigenvalue weighted by molar-refractivity contribution is 7.10. The zero-order valence-corrected chi connectivity index (χ0v) is 36.5. The summed E-state index contributed by atoms with van der Waals surface area (Å²) in [4.78, 5) is 63.2. The molecule has 3 heterocycles. The maximum atomic E-state index is 13.6. The number of unbranched alkanes of at least 4 members (excludes halogenated alkanes) is 2. The van der Waals surface area contributed by atoms with Crippen molar-refractivity contribution in [1.82, 2.24) is 36.0 Å². The molecule has 0 bridgehead atoms. The second-order valence-corrected chi connectivity index (χ2v) is 17.2. The van der Waals surface area contributed by atoms with Crippen LogP contribution in [0.15, 0.2) is 94.8 Å². The minimum atomic E-state index is -4.81. The van der Waals surface area contributed by atoms with Crippen molar-refractivity contribution in [1.29, 1.82) is 0 Å². The molecule has 1 aliphatic rings. The highest BCUT2D eigenvalue weighted by Crippen LogP contribution is 2.39. The largest absolute Gasteiger partial charge is 0.471 e. The first-order chi connectivity index (χ1) is 30.6. The molecule has 14 nitrogen and oxygen atoms in total. The first kappa shape index (κ1) is 47.5. The summed E-state index contributed by atoms with van der Waals surface area (Å²) in [6.45, 7) is 5.03. The van der Waals surface area contributed by atoms with E-state index in [0.29, 0.717) is 64.6 Å². The highest BCUT2D eigenvalue weighted by atomic mass is 32.1. The summed E-state index contributed by atoms with van der Waals surface area (Å²) >= 11 is 1.49. The number of nitrogens with one attached hydrogen (secondary N) is 3. The van der Waals surface area contributed by atoms with E-state index in [4.69, 9.17) is 10.7 Å². The number of aliphatic hydroxyl groups is 1. The maximum absolute atomic E-state index is 13.6. The lowest BCUT2D eigenvalue weighted by molar-refractivity contribution is -0.159. The molecule has 0 saturated carbocycles. The molecule has 6 N–H and O–H groups in total.